The number of methoxy groups -OCH3 is 2. The van der Waals surface area contributed by atoms with E-state index >= 15 is 0 Å². The quantitative estimate of drug-likeness (QED) is 0.332. The molecule has 0 bridgehead atoms. The minimum atomic E-state index is -3.91. The number of amides is 1. The fourth-order valence-corrected chi connectivity index (χ4v) is 7.42. The Morgan fingerprint density at radius 2 is 1.76 bits per heavy atom. The van der Waals surface area contributed by atoms with Crippen LogP contribution in [-0.4, -0.2) is 107 Å². The molecule has 2 aromatic carbocycles. The first kappa shape index (κ1) is 30.8. The van der Waals surface area contributed by atoms with Gasteiger partial charge in [0.2, 0.25) is 5.91 Å². The molecule has 2 aromatic rings. The number of ether oxygens (including phenoxy) is 3. The summed E-state index contributed by atoms with van der Waals surface area (Å²) in [7, 11) is -0.764. The van der Waals surface area contributed by atoms with Crippen molar-refractivity contribution in [1.29, 1.82) is 0 Å². The van der Waals surface area contributed by atoms with Crippen LogP contribution in [0, 0.1) is 0 Å². The molecule has 12 heteroatoms. The molecule has 2 saturated heterocycles. The maximum absolute atomic E-state index is 13.7. The SMILES string of the molecule is COc1cccc(OC)c1-c1ccc(C[C@H](NC(=O)C2(S(=O)(=O)CCN3CCOCC3)CCCNC2)C(=O)O)cc1. The zero-order valence-corrected chi connectivity index (χ0v) is 24.4. The van der Waals surface area contributed by atoms with E-state index in [-0.39, 0.29) is 25.1 Å². The van der Waals surface area contributed by atoms with Crippen LogP contribution in [0.3, 0.4) is 0 Å². The molecule has 11 nitrogen and oxygen atoms in total. The molecule has 1 amide bonds. The largest absolute Gasteiger partial charge is 0.496 e. The Bertz CT molecular complexity index is 1280. The van der Waals surface area contributed by atoms with E-state index in [0.29, 0.717) is 62.9 Å². The summed E-state index contributed by atoms with van der Waals surface area (Å²) in [6.45, 7) is 3.20. The zero-order valence-electron chi connectivity index (χ0n) is 23.6. The second-order valence-electron chi connectivity index (χ2n) is 10.4. The Morgan fingerprint density at radius 1 is 1.10 bits per heavy atom. The van der Waals surface area contributed by atoms with Crippen molar-refractivity contribution < 1.29 is 37.3 Å². The van der Waals surface area contributed by atoms with E-state index in [0.717, 1.165) is 11.1 Å². The van der Waals surface area contributed by atoms with Gasteiger partial charge in [0.05, 0.1) is 38.7 Å². The van der Waals surface area contributed by atoms with Crippen LogP contribution in [0.4, 0.5) is 0 Å². The van der Waals surface area contributed by atoms with Crippen LogP contribution in [0.1, 0.15) is 18.4 Å². The monoisotopic (exact) mass is 589 g/mol. The topological polar surface area (TPSA) is 143 Å². The van der Waals surface area contributed by atoms with E-state index in [9.17, 15) is 23.1 Å². The summed E-state index contributed by atoms with van der Waals surface area (Å²) in [5.41, 5.74) is 2.25. The Labute approximate surface area is 241 Å². The molecule has 1 unspecified atom stereocenters. The third kappa shape index (κ3) is 7.00. The van der Waals surface area contributed by atoms with Crippen LogP contribution in [0.25, 0.3) is 11.1 Å². The smallest absolute Gasteiger partial charge is 0.326 e. The molecule has 2 aliphatic rings. The lowest BCUT2D eigenvalue weighted by Crippen LogP contribution is -2.63. The normalized spacial score (nSPS) is 20.6. The highest BCUT2D eigenvalue weighted by molar-refractivity contribution is 7.93. The van der Waals surface area contributed by atoms with Crippen molar-refractivity contribution in [2.75, 3.05) is 65.9 Å². The molecule has 0 radical (unpaired) electrons. The lowest BCUT2D eigenvalue weighted by molar-refractivity contribution is -0.142. The Hall–Kier alpha value is -3.19. The molecule has 2 aliphatic heterocycles. The van der Waals surface area contributed by atoms with Gasteiger partial charge in [-0.05, 0) is 42.6 Å². The number of hydrogen-bond donors (Lipinski definition) is 3. The molecule has 0 saturated carbocycles. The van der Waals surface area contributed by atoms with Crippen molar-refractivity contribution in [3.8, 4) is 22.6 Å². The molecular weight excluding hydrogens is 550 g/mol. The highest BCUT2D eigenvalue weighted by atomic mass is 32.2. The number of aliphatic carboxylic acids is 1. The highest BCUT2D eigenvalue weighted by Gasteiger charge is 2.51. The second kappa shape index (κ2) is 13.6. The summed E-state index contributed by atoms with van der Waals surface area (Å²) in [5.74, 6) is -0.927. The van der Waals surface area contributed by atoms with E-state index in [2.05, 4.69) is 10.6 Å². The van der Waals surface area contributed by atoms with Gasteiger partial charge in [0, 0.05) is 32.6 Å². The number of nitrogens with one attached hydrogen (secondary N) is 2. The maximum atomic E-state index is 13.7. The summed E-state index contributed by atoms with van der Waals surface area (Å²) in [5, 5.41) is 15.6. The molecule has 3 N–H and O–H groups in total. The number of sulfone groups is 1. The first-order chi connectivity index (χ1) is 19.7. The number of morpholine rings is 1. The molecule has 2 fully saturated rings. The van der Waals surface area contributed by atoms with Crippen molar-refractivity contribution in [1.82, 2.24) is 15.5 Å². The lowest BCUT2D eigenvalue weighted by atomic mass is 9.96. The minimum Gasteiger partial charge on any atom is -0.496 e. The van der Waals surface area contributed by atoms with Gasteiger partial charge >= 0.3 is 5.97 Å². The number of carbonyl (C=O) groups excluding carboxylic acids is 1. The van der Waals surface area contributed by atoms with Crippen LogP contribution in [0.5, 0.6) is 11.5 Å². The molecule has 224 valence electrons. The molecule has 0 aromatic heterocycles. The molecule has 4 rings (SSSR count). The fourth-order valence-electron chi connectivity index (χ4n) is 5.42. The van der Waals surface area contributed by atoms with E-state index < -0.39 is 32.5 Å². The summed E-state index contributed by atoms with van der Waals surface area (Å²) in [4.78, 5) is 27.9. The summed E-state index contributed by atoms with van der Waals surface area (Å²) < 4.78 is 41.9. The average Bonchev–Trinajstić information content (AvgIpc) is 3.00. The van der Waals surface area contributed by atoms with Crippen LogP contribution in [0.15, 0.2) is 42.5 Å². The highest BCUT2D eigenvalue weighted by Crippen LogP contribution is 2.38. The average molecular weight is 590 g/mol. The van der Waals surface area contributed by atoms with Gasteiger partial charge in [-0.1, -0.05) is 30.3 Å². The van der Waals surface area contributed by atoms with Crippen molar-refractivity contribution in [3.63, 3.8) is 0 Å². The van der Waals surface area contributed by atoms with Crippen molar-refractivity contribution in [2.24, 2.45) is 0 Å². The van der Waals surface area contributed by atoms with Gasteiger partial charge in [0.1, 0.15) is 17.5 Å². The van der Waals surface area contributed by atoms with Crippen LogP contribution >= 0.6 is 0 Å². The van der Waals surface area contributed by atoms with Crippen molar-refractivity contribution in [2.45, 2.75) is 30.1 Å². The van der Waals surface area contributed by atoms with Crippen LogP contribution < -0.4 is 20.1 Å². The van der Waals surface area contributed by atoms with Gasteiger partial charge in [-0.2, -0.15) is 0 Å². The van der Waals surface area contributed by atoms with Crippen molar-refractivity contribution >= 4 is 21.7 Å². The van der Waals surface area contributed by atoms with E-state index in [1.165, 1.54) is 0 Å². The van der Waals surface area contributed by atoms with Gasteiger partial charge in [-0.15, -0.1) is 0 Å². The first-order valence-corrected chi connectivity index (χ1v) is 15.4. The predicted octanol–water partition coefficient (Wildman–Crippen LogP) is 1.35. The summed E-state index contributed by atoms with van der Waals surface area (Å²) in [6.07, 6.45) is 0.622. The predicted molar refractivity (Wildman–Crippen MR) is 154 cm³/mol. The first-order valence-electron chi connectivity index (χ1n) is 13.8. The number of carbonyl (C=O) groups is 2. The number of carboxylic acids is 1. The van der Waals surface area contributed by atoms with E-state index in [4.69, 9.17) is 14.2 Å². The van der Waals surface area contributed by atoms with Gasteiger partial charge in [0.25, 0.3) is 0 Å². The van der Waals surface area contributed by atoms with Crippen molar-refractivity contribution in [3.05, 3.63) is 48.0 Å². The third-order valence-corrected chi connectivity index (χ3v) is 10.3. The maximum Gasteiger partial charge on any atom is 0.326 e. The molecule has 2 atom stereocenters. The molecule has 0 spiro atoms. The van der Waals surface area contributed by atoms with Gasteiger partial charge in [-0.3, -0.25) is 9.69 Å². The van der Waals surface area contributed by atoms with Crippen LogP contribution in [0.2, 0.25) is 0 Å². The molecule has 41 heavy (non-hydrogen) atoms. The van der Waals surface area contributed by atoms with E-state index in [1.807, 2.05) is 35.2 Å². The second-order valence-corrected chi connectivity index (χ2v) is 12.8. The molecule has 0 aliphatic carbocycles. The fraction of sp³-hybridized carbons (Fsp3) is 0.517. The summed E-state index contributed by atoms with van der Waals surface area (Å²) in [6, 6.07) is 11.4. The Kier molecular flexibility index (Phi) is 10.2. The number of carboxylic acid groups (broad SMARTS) is 1. The number of hydrogen-bond acceptors (Lipinski definition) is 9. The third-order valence-electron chi connectivity index (χ3n) is 7.85. The minimum absolute atomic E-state index is 0.0122. The summed E-state index contributed by atoms with van der Waals surface area (Å²) >= 11 is 0. The van der Waals surface area contributed by atoms with Gasteiger partial charge in [-0.25, -0.2) is 13.2 Å². The number of rotatable bonds is 12. The van der Waals surface area contributed by atoms with Gasteiger partial charge < -0.3 is 30.0 Å². The standard InChI is InChI=1S/C29H39N3O8S/c1-38-24-5-3-6-25(39-2)26(24)22-9-7-21(8-10-22)19-23(27(33)34)31-28(35)29(11-4-12-30-20-29)41(36,37)18-15-32-13-16-40-17-14-32/h3,5-10,23,30H,4,11-20H2,1-2H3,(H,31,35)(H,33,34)/t23-,29?/m0/s1. The number of nitrogens with zero attached hydrogens (tertiary/aromatic N) is 1. The Morgan fingerprint density at radius 3 is 2.32 bits per heavy atom. The zero-order chi connectivity index (χ0) is 29.5. The lowest BCUT2D eigenvalue weighted by Gasteiger charge is -2.37. The number of benzene rings is 2. The molecule has 2 heterocycles. The van der Waals surface area contributed by atoms with Gasteiger partial charge in [0.15, 0.2) is 14.6 Å². The number of piperidine rings is 1. The van der Waals surface area contributed by atoms with E-state index in [1.54, 1.807) is 26.4 Å². The Balaban J connectivity index is 1.50. The molecular formula is C29H39N3O8S. The van der Waals surface area contributed by atoms with Crippen LogP contribution in [-0.2, 0) is 30.6 Å².